The standard InChI is InChI=1S/C15H20F2N2O2/c1-15(2,3)21-14(20)19-8-7-18-12(9-19)13-10(16)5-4-6-11(13)17/h4-6,12,18H,7-9H2,1-3H3/t12-/m0/s1. The first-order valence-corrected chi connectivity index (χ1v) is 6.93. The molecule has 1 atom stereocenters. The summed E-state index contributed by atoms with van der Waals surface area (Å²) in [6.07, 6.45) is -0.467. The van der Waals surface area contributed by atoms with E-state index in [2.05, 4.69) is 5.32 Å². The SMILES string of the molecule is CC(C)(C)OC(=O)N1CCN[C@H](c2c(F)cccc2F)C1. The van der Waals surface area contributed by atoms with E-state index in [4.69, 9.17) is 4.74 Å². The third-order valence-electron chi connectivity index (χ3n) is 3.18. The van der Waals surface area contributed by atoms with Crippen molar-refractivity contribution >= 4 is 6.09 Å². The monoisotopic (exact) mass is 298 g/mol. The maximum Gasteiger partial charge on any atom is 0.410 e. The number of hydrogen-bond acceptors (Lipinski definition) is 3. The second-order valence-corrected chi connectivity index (χ2v) is 6.07. The van der Waals surface area contributed by atoms with Crippen molar-refractivity contribution in [3.8, 4) is 0 Å². The summed E-state index contributed by atoms with van der Waals surface area (Å²) in [7, 11) is 0. The van der Waals surface area contributed by atoms with Crippen LogP contribution >= 0.6 is 0 Å². The Labute approximate surface area is 123 Å². The second kappa shape index (κ2) is 5.97. The van der Waals surface area contributed by atoms with Crippen LogP contribution in [-0.2, 0) is 4.74 Å². The molecular formula is C15H20F2N2O2. The molecule has 6 heteroatoms. The van der Waals surface area contributed by atoms with Crippen molar-refractivity contribution in [1.82, 2.24) is 10.2 Å². The van der Waals surface area contributed by atoms with Crippen molar-refractivity contribution in [3.05, 3.63) is 35.4 Å². The van der Waals surface area contributed by atoms with Gasteiger partial charge in [0.05, 0.1) is 6.04 Å². The van der Waals surface area contributed by atoms with Crippen LogP contribution in [0.2, 0.25) is 0 Å². The van der Waals surface area contributed by atoms with Crippen molar-refractivity contribution in [2.75, 3.05) is 19.6 Å². The molecule has 0 unspecified atom stereocenters. The van der Waals surface area contributed by atoms with E-state index < -0.39 is 29.4 Å². The van der Waals surface area contributed by atoms with E-state index in [9.17, 15) is 13.6 Å². The Balaban J connectivity index is 2.13. The molecule has 0 spiro atoms. The first kappa shape index (κ1) is 15.7. The van der Waals surface area contributed by atoms with Gasteiger partial charge in [0.25, 0.3) is 0 Å². The number of hydrogen-bond donors (Lipinski definition) is 1. The molecule has 1 aliphatic rings. The topological polar surface area (TPSA) is 41.6 Å². The van der Waals surface area contributed by atoms with Gasteiger partial charge in [-0.1, -0.05) is 6.07 Å². The zero-order valence-electron chi connectivity index (χ0n) is 12.5. The van der Waals surface area contributed by atoms with Crippen LogP contribution in [0, 0.1) is 11.6 Å². The van der Waals surface area contributed by atoms with E-state index in [1.54, 1.807) is 20.8 Å². The van der Waals surface area contributed by atoms with E-state index in [1.165, 1.54) is 23.1 Å². The first-order valence-electron chi connectivity index (χ1n) is 6.93. The Bertz CT molecular complexity index is 509. The fourth-order valence-electron chi connectivity index (χ4n) is 2.28. The Hall–Kier alpha value is -1.69. The quantitative estimate of drug-likeness (QED) is 0.867. The lowest BCUT2D eigenvalue weighted by molar-refractivity contribution is 0.0192. The highest BCUT2D eigenvalue weighted by molar-refractivity contribution is 5.68. The molecule has 116 valence electrons. The predicted octanol–water partition coefficient (Wildman–Crippen LogP) is 2.85. The summed E-state index contributed by atoms with van der Waals surface area (Å²) in [5, 5.41) is 3.04. The molecule has 1 N–H and O–H groups in total. The van der Waals surface area contributed by atoms with Gasteiger partial charge in [-0.25, -0.2) is 13.6 Å². The van der Waals surface area contributed by atoms with Gasteiger partial charge in [-0.05, 0) is 32.9 Å². The Morgan fingerprint density at radius 3 is 2.52 bits per heavy atom. The highest BCUT2D eigenvalue weighted by Crippen LogP contribution is 2.24. The average molecular weight is 298 g/mol. The van der Waals surface area contributed by atoms with Crippen molar-refractivity contribution in [2.24, 2.45) is 0 Å². The zero-order chi connectivity index (χ0) is 15.6. The molecule has 1 fully saturated rings. The molecule has 0 radical (unpaired) electrons. The van der Waals surface area contributed by atoms with E-state index >= 15 is 0 Å². The summed E-state index contributed by atoms with van der Waals surface area (Å²) in [6, 6.07) is 3.18. The Kier molecular flexibility index (Phi) is 4.46. The normalized spacial score (nSPS) is 19.5. The van der Waals surface area contributed by atoms with Gasteiger partial charge in [-0.2, -0.15) is 0 Å². The smallest absolute Gasteiger partial charge is 0.410 e. The van der Waals surface area contributed by atoms with Gasteiger partial charge in [0, 0.05) is 25.2 Å². The number of nitrogens with one attached hydrogen (secondary N) is 1. The molecule has 0 aliphatic carbocycles. The molecule has 1 aromatic rings. The molecule has 4 nitrogen and oxygen atoms in total. The van der Waals surface area contributed by atoms with Crippen LogP contribution in [0.1, 0.15) is 32.4 Å². The maximum atomic E-state index is 13.8. The molecular weight excluding hydrogens is 278 g/mol. The zero-order valence-corrected chi connectivity index (χ0v) is 12.5. The van der Waals surface area contributed by atoms with Crippen LogP contribution in [0.15, 0.2) is 18.2 Å². The molecule has 0 bridgehead atoms. The van der Waals surface area contributed by atoms with Crippen molar-refractivity contribution < 1.29 is 18.3 Å². The largest absolute Gasteiger partial charge is 0.444 e. The molecule has 2 rings (SSSR count). The molecule has 1 amide bonds. The van der Waals surface area contributed by atoms with E-state index in [-0.39, 0.29) is 12.1 Å². The highest BCUT2D eigenvalue weighted by atomic mass is 19.1. The van der Waals surface area contributed by atoms with Gasteiger partial charge in [0.2, 0.25) is 0 Å². The highest BCUT2D eigenvalue weighted by Gasteiger charge is 2.30. The van der Waals surface area contributed by atoms with E-state index in [1.807, 2.05) is 0 Å². The molecule has 0 saturated carbocycles. The number of rotatable bonds is 1. The van der Waals surface area contributed by atoms with Gasteiger partial charge in [-0.15, -0.1) is 0 Å². The summed E-state index contributed by atoms with van der Waals surface area (Å²) in [5.74, 6) is -1.22. The first-order chi connectivity index (χ1) is 9.78. The number of carbonyl (C=O) groups is 1. The number of benzene rings is 1. The average Bonchev–Trinajstić information content (AvgIpc) is 2.37. The van der Waals surface area contributed by atoms with Gasteiger partial charge in [-0.3, -0.25) is 0 Å². The summed E-state index contributed by atoms with van der Waals surface area (Å²) < 4.78 is 32.9. The third-order valence-corrected chi connectivity index (χ3v) is 3.18. The Morgan fingerprint density at radius 1 is 1.33 bits per heavy atom. The fourth-order valence-corrected chi connectivity index (χ4v) is 2.28. The molecule has 0 aromatic heterocycles. The Morgan fingerprint density at radius 2 is 1.95 bits per heavy atom. The number of piperazine rings is 1. The minimum atomic E-state index is -0.612. The van der Waals surface area contributed by atoms with Crippen LogP contribution in [0.4, 0.5) is 13.6 Å². The van der Waals surface area contributed by atoms with E-state index in [0.717, 1.165) is 0 Å². The maximum absolute atomic E-state index is 13.8. The van der Waals surface area contributed by atoms with E-state index in [0.29, 0.717) is 13.1 Å². The molecule has 21 heavy (non-hydrogen) atoms. The number of halogens is 2. The number of amides is 1. The van der Waals surface area contributed by atoms with Crippen molar-refractivity contribution in [2.45, 2.75) is 32.4 Å². The lowest BCUT2D eigenvalue weighted by Crippen LogP contribution is -2.50. The van der Waals surface area contributed by atoms with Crippen LogP contribution in [0.3, 0.4) is 0 Å². The molecule has 1 heterocycles. The van der Waals surface area contributed by atoms with Crippen molar-refractivity contribution in [1.29, 1.82) is 0 Å². The minimum Gasteiger partial charge on any atom is -0.444 e. The third kappa shape index (κ3) is 3.91. The summed E-state index contributed by atoms with van der Waals surface area (Å²) in [4.78, 5) is 13.5. The van der Waals surface area contributed by atoms with Crippen LogP contribution < -0.4 is 5.32 Å². The molecule has 1 aromatic carbocycles. The second-order valence-electron chi connectivity index (χ2n) is 6.07. The predicted molar refractivity (Wildman–Crippen MR) is 74.9 cm³/mol. The number of carbonyl (C=O) groups excluding carboxylic acids is 1. The summed E-state index contributed by atoms with van der Waals surface area (Å²) in [6.45, 7) is 6.41. The van der Waals surface area contributed by atoms with Gasteiger partial charge in [0.1, 0.15) is 17.2 Å². The van der Waals surface area contributed by atoms with Crippen molar-refractivity contribution in [3.63, 3.8) is 0 Å². The summed E-state index contributed by atoms with van der Waals surface area (Å²) >= 11 is 0. The van der Waals surface area contributed by atoms with Crippen LogP contribution in [-0.4, -0.2) is 36.2 Å². The summed E-state index contributed by atoms with van der Waals surface area (Å²) in [5.41, 5.74) is -0.633. The van der Waals surface area contributed by atoms with Gasteiger partial charge in [0.15, 0.2) is 0 Å². The van der Waals surface area contributed by atoms with Gasteiger partial charge >= 0.3 is 6.09 Å². The molecule has 1 saturated heterocycles. The fraction of sp³-hybridized carbons (Fsp3) is 0.533. The van der Waals surface area contributed by atoms with Crippen LogP contribution in [0.25, 0.3) is 0 Å². The van der Waals surface area contributed by atoms with Crippen LogP contribution in [0.5, 0.6) is 0 Å². The van der Waals surface area contributed by atoms with Gasteiger partial charge < -0.3 is 15.0 Å². The number of nitrogens with zero attached hydrogens (tertiary/aromatic N) is 1. The lowest BCUT2D eigenvalue weighted by Gasteiger charge is -2.35. The molecule has 1 aliphatic heterocycles. The lowest BCUT2D eigenvalue weighted by atomic mass is 10.0. The number of ether oxygens (including phenoxy) is 1. The minimum absolute atomic E-state index is 0.0363.